The summed E-state index contributed by atoms with van der Waals surface area (Å²) >= 11 is 0. The first-order chi connectivity index (χ1) is 12.7. The average molecular weight is 363 g/mol. The van der Waals surface area contributed by atoms with Crippen LogP contribution in [0.5, 0.6) is 0 Å². The molecule has 0 aliphatic rings. The van der Waals surface area contributed by atoms with Crippen LogP contribution in [0.4, 0.5) is 0 Å². The minimum Gasteiger partial charge on any atom is -0.365 e. The molecular formula is C22H38N2O2. The van der Waals surface area contributed by atoms with Gasteiger partial charge < -0.3 is 10.3 Å². The van der Waals surface area contributed by atoms with Crippen LogP contribution in [0.15, 0.2) is 18.3 Å². The fourth-order valence-electron chi connectivity index (χ4n) is 3.17. The van der Waals surface area contributed by atoms with Gasteiger partial charge in [-0.3, -0.25) is 9.59 Å². The van der Waals surface area contributed by atoms with Crippen LogP contribution in [0.1, 0.15) is 96.1 Å². The van der Waals surface area contributed by atoms with Gasteiger partial charge in [-0.1, -0.05) is 77.6 Å². The van der Waals surface area contributed by atoms with Crippen molar-refractivity contribution in [3.8, 4) is 0 Å². The number of aromatic amines is 1. The molecule has 0 aliphatic heterocycles. The molecule has 1 amide bonds. The minimum absolute atomic E-state index is 0.274. The van der Waals surface area contributed by atoms with E-state index in [9.17, 15) is 9.59 Å². The van der Waals surface area contributed by atoms with Crippen molar-refractivity contribution in [3.63, 3.8) is 0 Å². The molecule has 2 N–H and O–H groups in total. The van der Waals surface area contributed by atoms with E-state index in [1.165, 1.54) is 64.2 Å². The molecule has 1 aromatic heterocycles. The molecule has 4 heteroatoms. The molecule has 0 unspecified atom stereocenters. The van der Waals surface area contributed by atoms with Gasteiger partial charge >= 0.3 is 0 Å². The van der Waals surface area contributed by atoms with Crippen LogP contribution in [0, 0.1) is 0 Å². The van der Waals surface area contributed by atoms with Gasteiger partial charge in [-0.2, -0.15) is 0 Å². The first-order valence-electron chi connectivity index (χ1n) is 10.7. The van der Waals surface area contributed by atoms with E-state index in [0.29, 0.717) is 13.0 Å². The monoisotopic (exact) mass is 362 g/mol. The predicted octanol–water partition coefficient (Wildman–Crippen LogP) is 5.33. The van der Waals surface area contributed by atoms with Crippen LogP contribution in [-0.4, -0.2) is 23.2 Å². The van der Waals surface area contributed by atoms with E-state index < -0.39 is 5.91 Å². The molecular weight excluding hydrogens is 324 g/mol. The molecule has 0 spiro atoms. The Morgan fingerprint density at radius 1 is 0.885 bits per heavy atom. The second-order valence-electron chi connectivity index (χ2n) is 7.26. The van der Waals surface area contributed by atoms with Crippen molar-refractivity contribution in [1.82, 2.24) is 10.3 Å². The summed E-state index contributed by atoms with van der Waals surface area (Å²) < 4.78 is 0. The summed E-state index contributed by atoms with van der Waals surface area (Å²) in [6, 6.07) is 3.90. The maximum absolute atomic E-state index is 11.8. The van der Waals surface area contributed by atoms with Crippen molar-refractivity contribution in [2.24, 2.45) is 0 Å². The third-order valence-corrected chi connectivity index (χ3v) is 4.85. The molecule has 1 heterocycles. The molecule has 0 radical (unpaired) electrons. The Hall–Kier alpha value is -1.58. The summed E-state index contributed by atoms with van der Waals surface area (Å²) in [5.74, 6) is -0.705. The van der Waals surface area contributed by atoms with E-state index in [2.05, 4.69) is 17.2 Å². The Bertz CT molecular complexity index is 468. The van der Waals surface area contributed by atoms with Crippen LogP contribution in [0.2, 0.25) is 0 Å². The van der Waals surface area contributed by atoms with Gasteiger partial charge in [0.15, 0.2) is 0 Å². The van der Waals surface area contributed by atoms with E-state index in [-0.39, 0.29) is 5.78 Å². The van der Waals surface area contributed by atoms with Crippen molar-refractivity contribution in [3.05, 3.63) is 24.0 Å². The van der Waals surface area contributed by atoms with E-state index in [1.54, 1.807) is 0 Å². The molecule has 26 heavy (non-hydrogen) atoms. The van der Waals surface area contributed by atoms with Gasteiger partial charge in [0.25, 0.3) is 5.91 Å². The first-order valence-corrected chi connectivity index (χ1v) is 10.7. The lowest BCUT2D eigenvalue weighted by Crippen LogP contribution is -2.32. The van der Waals surface area contributed by atoms with Crippen LogP contribution in [0.3, 0.4) is 0 Å². The second-order valence-corrected chi connectivity index (χ2v) is 7.26. The largest absolute Gasteiger partial charge is 0.365 e. The highest BCUT2D eigenvalue weighted by atomic mass is 16.2. The number of amides is 1. The zero-order chi connectivity index (χ0) is 18.9. The summed E-state index contributed by atoms with van der Waals surface area (Å²) in [5, 5.41) is 2.71. The number of rotatable bonds is 17. The van der Waals surface area contributed by atoms with Crippen molar-refractivity contribution in [2.45, 2.75) is 96.8 Å². The number of hydrogen-bond donors (Lipinski definition) is 2. The fourth-order valence-corrected chi connectivity index (χ4v) is 3.17. The third kappa shape index (κ3) is 11.9. The smallest absolute Gasteiger partial charge is 0.287 e. The van der Waals surface area contributed by atoms with E-state index >= 15 is 0 Å². The van der Waals surface area contributed by atoms with Crippen LogP contribution in [0.25, 0.3) is 0 Å². The molecule has 0 fully saturated rings. The molecule has 0 saturated heterocycles. The highest BCUT2D eigenvalue weighted by molar-refractivity contribution is 6.36. The van der Waals surface area contributed by atoms with Gasteiger partial charge in [0.2, 0.25) is 5.78 Å². The number of hydrogen-bond acceptors (Lipinski definition) is 2. The van der Waals surface area contributed by atoms with Crippen molar-refractivity contribution < 1.29 is 9.59 Å². The number of ketones is 1. The maximum atomic E-state index is 11.8. The molecule has 1 rings (SSSR count). The number of nitrogens with one attached hydrogen (secondary N) is 2. The van der Waals surface area contributed by atoms with Gasteiger partial charge in [0.05, 0.1) is 0 Å². The number of unbranched alkanes of at least 4 members (excludes halogenated alkanes) is 11. The standard InChI is InChI=1S/C22H38N2O2/c1-2-3-4-5-6-7-8-9-10-11-12-13-16-21(25)22(26)24-19-17-20-15-14-18-23-20/h14-15,18,23H,2-13,16-17,19H2,1H3,(H,24,26). The zero-order valence-corrected chi connectivity index (χ0v) is 16.7. The molecule has 0 aromatic carbocycles. The first kappa shape index (κ1) is 22.5. The Morgan fingerprint density at radius 2 is 1.46 bits per heavy atom. The Labute approximate surface area is 159 Å². The highest BCUT2D eigenvalue weighted by Gasteiger charge is 2.12. The lowest BCUT2D eigenvalue weighted by Gasteiger charge is -2.04. The number of H-pyrrole nitrogens is 1. The number of Topliss-reactive ketones (excluding diaryl/α,β-unsaturated/α-hetero) is 1. The molecule has 0 aliphatic carbocycles. The van der Waals surface area contributed by atoms with Gasteiger partial charge in [0, 0.05) is 31.3 Å². The molecule has 0 bridgehead atoms. The number of carbonyl (C=O) groups is 2. The highest BCUT2D eigenvalue weighted by Crippen LogP contribution is 2.12. The van der Waals surface area contributed by atoms with Crippen molar-refractivity contribution in [2.75, 3.05) is 6.54 Å². The fraction of sp³-hybridized carbons (Fsp3) is 0.727. The average Bonchev–Trinajstić information content (AvgIpc) is 3.15. The van der Waals surface area contributed by atoms with E-state index in [0.717, 1.165) is 25.0 Å². The number of aromatic nitrogens is 1. The van der Waals surface area contributed by atoms with Crippen LogP contribution >= 0.6 is 0 Å². The summed E-state index contributed by atoms with van der Waals surface area (Å²) in [7, 11) is 0. The summed E-state index contributed by atoms with van der Waals surface area (Å²) in [6.45, 7) is 2.76. The van der Waals surface area contributed by atoms with Gasteiger partial charge in [-0.15, -0.1) is 0 Å². The summed E-state index contributed by atoms with van der Waals surface area (Å²) in [6.07, 6.45) is 18.2. The molecule has 148 valence electrons. The second kappa shape index (κ2) is 15.7. The molecule has 1 aromatic rings. The molecule has 0 atom stereocenters. The van der Waals surface area contributed by atoms with E-state index in [4.69, 9.17) is 0 Å². The normalized spacial score (nSPS) is 10.8. The zero-order valence-electron chi connectivity index (χ0n) is 16.7. The summed E-state index contributed by atoms with van der Waals surface area (Å²) in [4.78, 5) is 26.6. The topological polar surface area (TPSA) is 62.0 Å². The van der Waals surface area contributed by atoms with Crippen molar-refractivity contribution in [1.29, 1.82) is 0 Å². The molecule has 0 saturated carbocycles. The lowest BCUT2D eigenvalue weighted by atomic mass is 10.0. The van der Waals surface area contributed by atoms with Crippen LogP contribution in [-0.2, 0) is 16.0 Å². The van der Waals surface area contributed by atoms with E-state index in [1.807, 2.05) is 18.3 Å². The quantitative estimate of drug-likeness (QED) is 0.290. The predicted molar refractivity (Wildman–Crippen MR) is 108 cm³/mol. The van der Waals surface area contributed by atoms with Crippen molar-refractivity contribution >= 4 is 11.7 Å². The number of carbonyl (C=O) groups excluding carboxylic acids is 2. The van der Waals surface area contributed by atoms with Gasteiger partial charge in [-0.05, 0) is 18.6 Å². The Kier molecular flexibility index (Phi) is 13.5. The lowest BCUT2D eigenvalue weighted by molar-refractivity contribution is -0.137. The van der Waals surface area contributed by atoms with Gasteiger partial charge in [-0.25, -0.2) is 0 Å². The summed E-state index contributed by atoms with van der Waals surface area (Å²) in [5.41, 5.74) is 1.07. The maximum Gasteiger partial charge on any atom is 0.287 e. The molecule has 4 nitrogen and oxygen atoms in total. The van der Waals surface area contributed by atoms with Gasteiger partial charge in [0.1, 0.15) is 0 Å². The minimum atomic E-state index is -0.431. The Morgan fingerprint density at radius 3 is 2.00 bits per heavy atom. The van der Waals surface area contributed by atoms with Crippen LogP contribution < -0.4 is 5.32 Å². The third-order valence-electron chi connectivity index (χ3n) is 4.85. The SMILES string of the molecule is CCCCCCCCCCCCCCC(=O)C(=O)NCCc1ccc[nH]1. The Balaban J connectivity index is 1.86.